The minimum absolute atomic E-state index is 0.273. The summed E-state index contributed by atoms with van der Waals surface area (Å²) in [5.74, 6) is 1.31. The van der Waals surface area contributed by atoms with Gasteiger partial charge in [-0.2, -0.15) is 4.98 Å². The summed E-state index contributed by atoms with van der Waals surface area (Å²) in [4.78, 5) is 18.4. The average molecular weight is 477 g/mol. The summed E-state index contributed by atoms with van der Waals surface area (Å²) in [6.07, 6.45) is 5.10. The highest BCUT2D eigenvalue weighted by molar-refractivity contribution is 7.15. The van der Waals surface area contributed by atoms with Crippen LogP contribution in [0.15, 0.2) is 53.9 Å². The standard InChI is InChI=1S/C26H28N4O3S/c1-4-5-9-14-33-22-13-12-19(16-23(22)32-3)15-21(20-10-7-6-8-11-20)24(31)27-25-28-26-30(29-25)18(2)17-34-26/h6-8,10-13,15-17H,4-5,9,14H2,1-3H3,(H,27,29,31)/b21-15+. The van der Waals surface area contributed by atoms with Crippen LogP contribution in [0, 0.1) is 6.92 Å². The smallest absolute Gasteiger partial charge is 0.258 e. The van der Waals surface area contributed by atoms with Crippen LogP contribution in [0.1, 0.15) is 43.0 Å². The lowest BCUT2D eigenvalue weighted by atomic mass is 10.0. The molecule has 1 amide bonds. The summed E-state index contributed by atoms with van der Waals surface area (Å²) in [5.41, 5.74) is 3.07. The molecule has 8 heteroatoms. The lowest BCUT2D eigenvalue weighted by Gasteiger charge is -2.12. The lowest BCUT2D eigenvalue weighted by molar-refractivity contribution is -0.111. The van der Waals surface area contributed by atoms with Crippen molar-refractivity contribution in [3.05, 3.63) is 70.7 Å². The third kappa shape index (κ3) is 5.46. The van der Waals surface area contributed by atoms with Gasteiger partial charge in [0, 0.05) is 11.0 Å². The van der Waals surface area contributed by atoms with Crippen LogP contribution in [-0.4, -0.2) is 34.2 Å². The molecule has 2 aromatic heterocycles. The summed E-state index contributed by atoms with van der Waals surface area (Å²) in [6.45, 7) is 4.75. The van der Waals surface area contributed by atoms with Crippen molar-refractivity contribution in [1.82, 2.24) is 14.6 Å². The van der Waals surface area contributed by atoms with E-state index in [9.17, 15) is 4.79 Å². The van der Waals surface area contributed by atoms with Crippen molar-refractivity contribution in [2.75, 3.05) is 19.0 Å². The van der Waals surface area contributed by atoms with Gasteiger partial charge in [-0.3, -0.25) is 10.1 Å². The fourth-order valence-electron chi connectivity index (χ4n) is 3.51. The SMILES string of the molecule is CCCCCOc1ccc(/C=C(/C(=O)Nc2nc3scc(C)n3n2)c2ccccc2)cc1OC. The molecule has 2 aromatic carbocycles. The van der Waals surface area contributed by atoms with Crippen LogP contribution in [0.4, 0.5) is 5.95 Å². The molecule has 0 aliphatic rings. The second-order valence-corrected chi connectivity index (χ2v) is 8.69. The third-order valence-electron chi connectivity index (χ3n) is 5.31. The number of nitrogens with one attached hydrogen (secondary N) is 1. The number of aryl methyl sites for hydroxylation is 1. The van der Waals surface area contributed by atoms with E-state index in [1.54, 1.807) is 11.6 Å². The Morgan fingerprint density at radius 2 is 1.97 bits per heavy atom. The van der Waals surface area contributed by atoms with E-state index >= 15 is 0 Å². The summed E-state index contributed by atoms with van der Waals surface area (Å²) in [7, 11) is 1.62. The Morgan fingerprint density at radius 3 is 2.71 bits per heavy atom. The molecule has 0 bridgehead atoms. The number of aromatic nitrogens is 3. The second kappa shape index (κ2) is 11.0. The van der Waals surface area contributed by atoms with Crippen molar-refractivity contribution in [2.45, 2.75) is 33.1 Å². The molecule has 4 aromatic rings. The number of benzene rings is 2. The Balaban J connectivity index is 1.61. The van der Waals surface area contributed by atoms with E-state index in [2.05, 4.69) is 22.3 Å². The number of anilines is 1. The van der Waals surface area contributed by atoms with Crippen molar-refractivity contribution < 1.29 is 14.3 Å². The highest BCUT2D eigenvalue weighted by Crippen LogP contribution is 2.30. The fraction of sp³-hybridized carbons (Fsp3) is 0.269. The quantitative estimate of drug-likeness (QED) is 0.176. The molecular weight excluding hydrogens is 448 g/mol. The normalized spacial score (nSPS) is 11.6. The summed E-state index contributed by atoms with van der Waals surface area (Å²) in [6, 6.07) is 15.2. The molecule has 0 aliphatic carbocycles. The molecule has 1 N–H and O–H groups in total. The minimum atomic E-state index is -0.291. The monoisotopic (exact) mass is 476 g/mol. The number of hydrogen-bond donors (Lipinski definition) is 1. The van der Waals surface area contributed by atoms with Gasteiger partial charge in [-0.05, 0) is 42.7 Å². The van der Waals surface area contributed by atoms with Gasteiger partial charge in [0.2, 0.25) is 4.96 Å². The third-order valence-corrected chi connectivity index (χ3v) is 6.24. The van der Waals surface area contributed by atoms with Gasteiger partial charge in [0.15, 0.2) is 11.5 Å². The molecule has 0 radical (unpaired) electrons. The van der Waals surface area contributed by atoms with Crippen LogP contribution in [0.2, 0.25) is 0 Å². The number of carbonyl (C=O) groups is 1. The number of ether oxygens (including phenoxy) is 2. The molecule has 0 spiro atoms. The van der Waals surface area contributed by atoms with E-state index in [1.807, 2.05) is 66.9 Å². The van der Waals surface area contributed by atoms with Gasteiger partial charge >= 0.3 is 0 Å². The first-order valence-corrected chi connectivity index (χ1v) is 12.2. The zero-order valence-electron chi connectivity index (χ0n) is 19.6. The first kappa shape index (κ1) is 23.5. The first-order valence-electron chi connectivity index (χ1n) is 11.3. The molecular formula is C26H28N4O3S. The Kier molecular flexibility index (Phi) is 7.59. The zero-order chi connectivity index (χ0) is 23.9. The van der Waals surface area contributed by atoms with Gasteiger partial charge in [-0.1, -0.05) is 56.2 Å². The molecule has 0 fully saturated rings. The van der Waals surface area contributed by atoms with Crippen LogP contribution >= 0.6 is 11.3 Å². The van der Waals surface area contributed by atoms with E-state index in [4.69, 9.17) is 9.47 Å². The van der Waals surface area contributed by atoms with E-state index in [0.717, 1.165) is 41.0 Å². The van der Waals surface area contributed by atoms with E-state index in [-0.39, 0.29) is 11.9 Å². The number of carbonyl (C=O) groups excluding carboxylic acids is 1. The predicted octanol–water partition coefficient (Wildman–Crippen LogP) is 5.86. The Hall–Kier alpha value is -3.65. The summed E-state index contributed by atoms with van der Waals surface area (Å²) >= 11 is 1.48. The topological polar surface area (TPSA) is 77.8 Å². The van der Waals surface area contributed by atoms with Gasteiger partial charge in [-0.25, -0.2) is 4.52 Å². The summed E-state index contributed by atoms with van der Waals surface area (Å²) in [5, 5.41) is 9.21. The average Bonchev–Trinajstić information content (AvgIpc) is 3.42. The van der Waals surface area contributed by atoms with E-state index < -0.39 is 0 Å². The van der Waals surface area contributed by atoms with E-state index in [1.165, 1.54) is 11.3 Å². The molecule has 0 saturated carbocycles. The molecule has 7 nitrogen and oxygen atoms in total. The first-order chi connectivity index (χ1) is 16.6. The van der Waals surface area contributed by atoms with Gasteiger partial charge in [0.25, 0.3) is 11.9 Å². The summed E-state index contributed by atoms with van der Waals surface area (Å²) < 4.78 is 13.2. The Bertz CT molecular complexity index is 1290. The number of amides is 1. The van der Waals surface area contributed by atoms with Crippen LogP contribution in [0.3, 0.4) is 0 Å². The Labute approximate surface area is 203 Å². The fourth-order valence-corrected chi connectivity index (χ4v) is 4.30. The van der Waals surface area contributed by atoms with Gasteiger partial charge < -0.3 is 9.47 Å². The predicted molar refractivity (Wildman–Crippen MR) is 137 cm³/mol. The van der Waals surface area contributed by atoms with Crippen molar-refractivity contribution in [2.24, 2.45) is 0 Å². The van der Waals surface area contributed by atoms with Crippen LogP contribution < -0.4 is 14.8 Å². The maximum Gasteiger partial charge on any atom is 0.258 e. The number of nitrogens with zero attached hydrogens (tertiary/aromatic N) is 3. The number of methoxy groups -OCH3 is 1. The number of fused-ring (bicyclic) bond motifs is 1. The molecule has 0 unspecified atom stereocenters. The lowest BCUT2D eigenvalue weighted by Crippen LogP contribution is -2.15. The molecule has 0 saturated heterocycles. The molecule has 4 rings (SSSR count). The number of rotatable bonds is 10. The van der Waals surface area contributed by atoms with Gasteiger partial charge in [-0.15, -0.1) is 16.4 Å². The van der Waals surface area contributed by atoms with Gasteiger partial charge in [0.1, 0.15) is 0 Å². The van der Waals surface area contributed by atoms with Crippen molar-refractivity contribution >= 4 is 39.8 Å². The minimum Gasteiger partial charge on any atom is -0.493 e. The van der Waals surface area contributed by atoms with Crippen LogP contribution in [0.25, 0.3) is 16.6 Å². The van der Waals surface area contributed by atoms with Crippen molar-refractivity contribution in [1.29, 1.82) is 0 Å². The van der Waals surface area contributed by atoms with Crippen LogP contribution in [0.5, 0.6) is 11.5 Å². The highest BCUT2D eigenvalue weighted by atomic mass is 32.1. The largest absolute Gasteiger partial charge is 0.493 e. The maximum atomic E-state index is 13.3. The van der Waals surface area contributed by atoms with Crippen molar-refractivity contribution in [3.63, 3.8) is 0 Å². The molecule has 2 heterocycles. The maximum absolute atomic E-state index is 13.3. The molecule has 0 atom stereocenters. The zero-order valence-corrected chi connectivity index (χ0v) is 20.4. The number of unbranched alkanes of at least 4 members (excludes halogenated alkanes) is 2. The molecule has 34 heavy (non-hydrogen) atoms. The van der Waals surface area contributed by atoms with Crippen LogP contribution in [-0.2, 0) is 4.79 Å². The second-order valence-electron chi connectivity index (χ2n) is 7.85. The molecule has 176 valence electrons. The van der Waals surface area contributed by atoms with E-state index in [0.29, 0.717) is 23.7 Å². The Morgan fingerprint density at radius 1 is 1.15 bits per heavy atom. The number of hydrogen-bond acceptors (Lipinski definition) is 6. The number of thiazole rings is 1. The van der Waals surface area contributed by atoms with Gasteiger partial charge in [0.05, 0.1) is 19.4 Å². The highest BCUT2D eigenvalue weighted by Gasteiger charge is 2.16. The molecule has 0 aliphatic heterocycles. The van der Waals surface area contributed by atoms with Crippen molar-refractivity contribution in [3.8, 4) is 11.5 Å².